The molecule has 3 nitrogen and oxygen atoms in total. The number of anilines is 1. The Labute approximate surface area is 115 Å². The van der Waals surface area contributed by atoms with Gasteiger partial charge in [0.2, 0.25) is 0 Å². The second-order valence-electron chi connectivity index (χ2n) is 3.87. The molecule has 2 aromatic rings. The Kier molecular flexibility index (Phi) is 4.19. The Hall–Kier alpha value is -1.57. The van der Waals surface area contributed by atoms with Crippen LogP contribution in [0.15, 0.2) is 23.6 Å². The van der Waals surface area contributed by atoms with E-state index < -0.39 is 0 Å². The molecule has 0 spiro atoms. The maximum absolute atomic E-state index is 8.77. The van der Waals surface area contributed by atoms with Crippen LogP contribution < -0.4 is 5.32 Å². The predicted molar refractivity (Wildman–Crippen MR) is 75.2 cm³/mol. The molecule has 0 amide bonds. The first kappa shape index (κ1) is 12.9. The van der Waals surface area contributed by atoms with E-state index in [2.05, 4.69) is 10.3 Å². The Bertz CT molecular complexity index is 586. The highest BCUT2D eigenvalue weighted by molar-refractivity contribution is 7.09. The number of aromatic nitrogens is 1. The number of aryl methyl sites for hydroxylation is 1. The topological polar surface area (TPSA) is 48.7 Å². The van der Waals surface area contributed by atoms with Crippen LogP contribution in [0.3, 0.4) is 0 Å². The summed E-state index contributed by atoms with van der Waals surface area (Å²) >= 11 is 7.63. The lowest BCUT2D eigenvalue weighted by atomic mass is 10.2. The summed E-state index contributed by atoms with van der Waals surface area (Å²) < 4.78 is 0. The van der Waals surface area contributed by atoms with E-state index >= 15 is 0 Å². The van der Waals surface area contributed by atoms with E-state index in [-0.39, 0.29) is 0 Å². The number of nitrogens with zero attached hydrogens (tertiary/aromatic N) is 2. The van der Waals surface area contributed by atoms with Gasteiger partial charge in [-0.25, -0.2) is 4.98 Å². The molecule has 0 aliphatic heterocycles. The third kappa shape index (κ3) is 3.22. The van der Waals surface area contributed by atoms with Gasteiger partial charge in [-0.05, 0) is 25.1 Å². The zero-order valence-electron chi connectivity index (χ0n) is 9.90. The van der Waals surface area contributed by atoms with E-state index in [1.54, 1.807) is 23.5 Å². The average Bonchev–Trinajstić information content (AvgIpc) is 2.75. The number of nitrogens with one attached hydrogen (secondary N) is 1. The van der Waals surface area contributed by atoms with Gasteiger partial charge in [0.05, 0.1) is 15.6 Å². The molecule has 0 radical (unpaired) electrons. The first-order chi connectivity index (χ1) is 8.69. The van der Waals surface area contributed by atoms with E-state index in [1.807, 2.05) is 24.4 Å². The number of benzene rings is 1. The fraction of sp³-hybridized carbons (Fsp3) is 0.231. The van der Waals surface area contributed by atoms with Crippen LogP contribution in [0.4, 0.5) is 5.69 Å². The molecule has 1 aromatic carbocycles. The minimum atomic E-state index is 0.479. The fourth-order valence-electron chi connectivity index (χ4n) is 1.55. The molecule has 0 bridgehead atoms. The van der Waals surface area contributed by atoms with Crippen LogP contribution in [-0.4, -0.2) is 11.5 Å². The summed E-state index contributed by atoms with van der Waals surface area (Å²) in [4.78, 5) is 4.40. The maximum atomic E-state index is 8.77. The molecule has 5 heteroatoms. The molecule has 1 N–H and O–H groups in total. The van der Waals surface area contributed by atoms with Crippen molar-refractivity contribution in [2.45, 2.75) is 13.3 Å². The van der Waals surface area contributed by atoms with Crippen LogP contribution >= 0.6 is 22.9 Å². The Morgan fingerprint density at radius 1 is 1.50 bits per heavy atom. The Morgan fingerprint density at radius 2 is 2.33 bits per heavy atom. The van der Waals surface area contributed by atoms with Gasteiger partial charge in [-0.15, -0.1) is 11.3 Å². The van der Waals surface area contributed by atoms with Crippen LogP contribution in [0, 0.1) is 18.3 Å². The number of thiazole rings is 1. The molecular formula is C13H12ClN3S. The minimum absolute atomic E-state index is 0.479. The summed E-state index contributed by atoms with van der Waals surface area (Å²) in [5.74, 6) is 0. The van der Waals surface area contributed by atoms with Gasteiger partial charge in [-0.1, -0.05) is 11.6 Å². The van der Waals surface area contributed by atoms with Gasteiger partial charge >= 0.3 is 0 Å². The number of hydrogen-bond donors (Lipinski definition) is 1. The molecule has 1 heterocycles. The SMILES string of the molecule is Cc1csc(CCNc2ccc(C#N)c(Cl)c2)n1. The smallest absolute Gasteiger partial charge is 0.101 e. The Balaban J connectivity index is 1.91. The number of hydrogen-bond acceptors (Lipinski definition) is 4. The van der Waals surface area contributed by atoms with Crippen molar-refractivity contribution < 1.29 is 0 Å². The number of halogens is 1. The van der Waals surface area contributed by atoms with Crippen LogP contribution in [0.1, 0.15) is 16.3 Å². The summed E-state index contributed by atoms with van der Waals surface area (Å²) in [6.07, 6.45) is 0.885. The normalized spacial score (nSPS) is 10.1. The van der Waals surface area contributed by atoms with Crippen molar-refractivity contribution in [3.05, 3.63) is 44.9 Å². The lowest BCUT2D eigenvalue weighted by Crippen LogP contribution is -2.04. The van der Waals surface area contributed by atoms with Gasteiger partial charge in [-0.2, -0.15) is 5.26 Å². The molecule has 2 rings (SSSR count). The van der Waals surface area contributed by atoms with Gasteiger partial charge in [0.15, 0.2) is 0 Å². The van der Waals surface area contributed by atoms with E-state index in [0.29, 0.717) is 10.6 Å². The van der Waals surface area contributed by atoms with E-state index in [4.69, 9.17) is 16.9 Å². The highest BCUT2D eigenvalue weighted by Crippen LogP contribution is 2.20. The zero-order valence-corrected chi connectivity index (χ0v) is 11.5. The largest absolute Gasteiger partial charge is 0.385 e. The third-order valence-corrected chi connectivity index (χ3v) is 3.76. The van der Waals surface area contributed by atoms with Crippen molar-refractivity contribution in [3.8, 4) is 6.07 Å². The second-order valence-corrected chi connectivity index (χ2v) is 5.22. The van der Waals surface area contributed by atoms with Crippen molar-refractivity contribution in [1.82, 2.24) is 4.98 Å². The highest BCUT2D eigenvalue weighted by atomic mass is 35.5. The van der Waals surface area contributed by atoms with Crippen molar-refractivity contribution >= 4 is 28.6 Å². The van der Waals surface area contributed by atoms with Gasteiger partial charge in [0.25, 0.3) is 0 Å². The molecule has 0 atom stereocenters. The standard InChI is InChI=1S/C13H12ClN3S/c1-9-8-18-13(17-9)4-5-16-11-3-2-10(7-15)12(14)6-11/h2-3,6,8,16H,4-5H2,1H3. The molecule has 1 aromatic heterocycles. The first-order valence-corrected chi connectivity index (χ1v) is 6.79. The molecule has 0 aliphatic carbocycles. The highest BCUT2D eigenvalue weighted by Gasteiger charge is 2.02. The number of rotatable bonds is 4. The Morgan fingerprint density at radius 3 is 2.94 bits per heavy atom. The fourth-order valence-corrected chi connectivity index (χ4v) is 2.55. The van der Waals surface area contributed by atoms with Gasteiger partial charge < -0.3 is 5.32 Å². The summed E-state index contributed by atoms with van der Waals surface area (Å²) in [5, 5.41) is 15.7. The summed E-state index contributed by atoms with van der Waals surface area (Å²) in [7, 11) is 0. The van der Waals surface area contributed by atoms with Crippen molar-refractivity contribution in [3.63, 3.8) is 0 Å². The molecule has 0 saturated heterocycles. The quantitative estimate of drug-likeness (QED) is 0.928. The van der Waals surface area contributed by atoms with Crippen molar-refractivity contribution in [1.29, 1.82) is 5.26 Å². The molecular weight excluding hydrogens is 266 g/mol. The van der Waals surface area contributed by atoms with Crippen LogP contribution in [0.5, 0.6) is 0 Å². The summed E-state index contributed by atoms with van der Waals surface area (Å²) in [6.45, 7) is 2.79. The maximum Gasteiger partial charge on any atom is 0.101 e. The lowest BCUT2D eigenvalue weighted by Gasteiger charge is -2.06. The van der Waals surface area contributed by atoms with Crippen LogP contribution in [0.25, 0.3) is 0 Å². The molecule has 0 aliphatic rings. The van der Waals surface area contributed by atoms with Gasteiger partial charge in [-0.3, -0.25) is 0 Å². The van der Waals surface area contributed by atoms with Gasteiger partial charge in [0.1, 0.15) is 6.07 Å². The molecule has 0 saturated carbocycles. The van der Waals surface area contributed by atoms with Crippen molar-refractivity contribution in [2.24, 2.45) is 0 Å². The zero-order chi connectivity index (χ0) is 13.0. The van der Waals surface area contributed by atoms with Crippen molar-refractivity contribution in [2.75, 3.05) is 11.9 Å². The van der Waals surface area contributed by atoms with Crippen LogP contribution in [0.2, 0.25) is 5.02 Å². The second kappa shape index (κ2) is 5.85. The third-order valence-electron chi connectivity index (χ3n) is 2.42. The number of nitriles is 1. The van der Waals surface area contributed by atoms with E-state index in [9.17, 15) is 0 Å². The molecule has 0 unspecified atom stereocenters. The van der Waals surface area contributed by atoms with E-state index in [1.165, 1.54) is 0 Å². The monoisotopic (exact) mass is 277 g/mol. The predicted octanol–water partition coefficient (Wildman–Crippen LogP) is 3.63. The molecule has 92 valence electrons. The lowest BCUT2D eigenvalue weighted by molar-refractivity contribution is 0.987. The first-order valence-electron chi connectivity index (χ1n) is 5.53. The molecule has 18 heavy (non-hydrogen) atoms. The van der Waals surface area contributed by atoms with Gasteiger partial charge in [0, 0.05) is 29.7 Å². The van der Waals surface area contributed by atoms with E-state index in [0.717, 1.165) is 29.4 Å². The minimum Gasteiger partial charge on any atom is -0.385 e. The summed E-state index contributed by atoms with van der Waals surface area (Å²) in [5.41, 5.74) is 2.49. The van der Waals surface area contributed by atoms with Crippen LogP contribution in [-0.2, 0) is 6.42 Å². The average molecular weight is 278 g/mol. The summed E-state index contributed by atoms with van der Waals surface area (Å²) in [6, 6.07) is 7.39. The molecule has 0 fully saturated rings.